The second-order valence-electron chi connectivity index (χ2n) is 8.55. The molecule has 150 valence electrons. The van der Waals surface area contributed by atoms with Crippen LogP contribution in [0.4, 0.5) is 0 Å². The average molecular weight is 374 g/mol. The van der Waals surface area contributed by atoms with E-state index < -0.39 is 0 Å². The Balaban J connectivity index is 1.37. The van der Waals surface area contributed by atoms with Crippen LogP contribution in [0.1, 0.15) is 69.4 Å². The minimum atomic E-state index is 0.524. The average Bonchev–Trinajstić information content (AvgIpc) is 3.49. The van der Waals surface area contributed by atoms with Crippen LogP contribution in [0.25, 0.3) is 0 Å². The zero-order chi connectivity index (χ0) is 18.6. The van der Waals surface area contributed by atoms with Crippen LogP contribution in [0.3, 0.4) is 0 Å². The summed E-state index contributed by atoms with van der Waals surface area (Å²) in [6.07, 6.45) is 11.8. The third kappa shape index (κ3) is 5.00. The zero-order valence-corrected chi connectivity index (χ0v) is 17.0. The van der Waals surface area contributed by atoms with E-state index in [1.54, 1.807) is 0 Å². The molecule has 0 aromatic carbocycles. The number of rotatable bonds is 5. The summed E-state index contributed by atoms with van der Waals surface area (Å²) in [5.41, 5.74) is 0. The van der Waals surface area contributed by atoms with E-state index in [9.17, 15) is 0 Å². The van der Waals surface area contributed by atoms with Gasteiger partial charge in [-0.3, -0.25) is 0 Å². The molecule has 2 N–H and O–H groups in total. The molecule has 1 saturated heterocycles. The molecule has 0 spiro atoms. The largest absolute Gasteiger partial charge is 0.354 e. The summed E-state index contributed by atoms with van der Waals surface area (Å²) in [4.78, 5) is 7.55. The predicted molar refractivity (Wildman–Crippen MR) is 108 cm³/mol. The molecule has 0 bridgehead atoms. The standard InChI is InChI=1S/C20H35N7/c1-15-24-25-19(26(15)2)14-21-20(22-16-6-4-3-5-7-16)23-17-10-12-27(13-11-17)18-8-9-18/h16-18H,3-14H2,1-2H3,(H2,21,22,23). The molecule has 2 aliphatic carbocycles. The molecular formula is C20H35N7. The number of aliphatic imine (C=N–C) groups is 1. The van der Waals surface area contributed by atoms with Gasteiger partial charge in [0.1, 0.15) is 12.4 Å². The molecule has 7 nitrogen and oxygen atoms in total. The number of hydrogen-bond donors (Lipinski definition) is 2. The van der Waals surface area contributed by atoms with Crippen molar-refractivity contribution in [1.82, 2.24) is 30.3 Å². The van der Waals surface area contributed by atoms with Crippen LogP contribution in [0.2, 0.25) is 0 Å². The van der Waals surface area contributed by atoms with Crippen molar-refractivity contribution in [2.75, 3.05) is 13.1 Å². The molecule has 1 aromatic rings. The monoisotopic (exact) mass is 373 g/mol. The first-order chi connectivity index (χ1) is 13.2. The van der Waals surface area contributed by atoms with Gasteiger partial charge >= 0.3 is 0 Å². The molecule has 7 heteroatoms. The second kappa shape index (κ2) is 8.59. The van der Waals surface area contributed by atoms with E-state index >= 15 is 0 Å². The maximum Gasteiger partial charge on any atom is 0.192 e. The smallest absolute Gasteiger partial charge is 0.192 e. The maximum absolute atomic E-state index is 4.88. The first kappa shape index (κ1) is 18.7. The van der Waals surface area contributed by atoms with E-state index in [-0.39, 0.29) is 0 Å². The SMILES string of the molecule is Cc1nnc(CN=C(NC2CCCCC2)NC2CCN(C3CC3)CC2)n1C. The molecule has 0 unspecified atom stereocenters. The number of nitrogens with one attached hydrogen (secondary N) is 2. The summed E-state index contributed by atoms with van der Waals surface area (Å²) in [5.74, 6) is 2.82. The number of hydrogen-bond acceptors (Lipinski definition) is 4. The van der Waals surface area contributed by atoms with E-state index in [2.05, 4.69) is 25.7 Å². The third-order valence-corrected chi connectivity index (χ3v) is 6.44. The maximum atomic E-state index is 4.88. The molecule has 1 aromatic heterocycles. The van der Waals surface area contributed by atoms with Crippen molar-refractivity contribution < 1.29 is 0 Å². The second-order valence-corrected chi connectivity index (χ2v) is 8.55. The van der Waals surface area contributed by atoms with Gasteiger partial charge in [0.25, 0.3) is 0 Å². The molecule has 3 fully saturated rings. The van der Waals surface area contributed by atoms with E-state index in [1.807, 2.05) is 18.5 Å². The number of aryl methyl sites for hydroxylation is 1. The summed E-state index contributed by atoms with van der Waals surface area (Å²) >= 11 is 0. The van der Waals surface area contributed by atoms with Crippen molar-refractivity contribution in [3.8, 4) is 0 Å². The van der Waals surface area contributed by atoms with Gasteiger partial charge in [-0.15, -0.1) is 10.2 Å². The molecule has 0 amide bonds. The lowest BCUT2D eigenvalue weighted by atomic mass is 9.95. The number of likely N-dealkylation sites (tertiary alicyclic amines) is 1. The van der Waals surface area contributed by atoms with Gasteiger partial charge in [0.15, 0.2) is 11.8 Å². The molecule has 0 atom stereocenters. The van der Waals surface area contributed by atoms with Gasteiger partial charge in [-0.2, -0.15) is 0 Å². The Hall–Kier alpha value is -1.63. The van der Waals surface area contributed by atoms with Crippen LogP contribution < -0.4 is 10.6 Å². The van der Waals surface area contributed by atoms with Crippen LogP contribution >= 0.6 is 0 Å². The van der Waals surface area contributed by atoms with Crippen LogP contribution in [0.5, 0.6) is 0 Å². The fourth-order valence-corrected chi connectivity index (χ4v) is 4.35. The summed E-state index contributed by atoms with van der Waals surface area (Å²) in [6.45, 7) is 5.00. The molecule has 3 aliphatic rings. The summed E-state index contributed by atoms with van der Waals surface area (Å²) < 4.78 is 2.02. The first-order valence-electron chi connectivity index (χ1n) is 10.9. The minimum absolute atomic E-state index is 0.524. The van der Waals surface area contributed by atoms with Crippen LogP contribution in [0.15, 0.2) is 4.99 Å². The van der Waals surface area contributed by atoms with Crippen molar-refractivity contribution in [2.24, 2.45) is 12.0 Å². The van der Waals surface area contributed by atoms with Crippen molar-refractivity contribution in [3.63, 3.8) is 0 Å². The summed E-state index contributed by atoms with van der Waals surface area (Å²) in [5, 5.41) is 15.9. The van der Waals surface area contributed by atoms with Gasteiger partial charge in [-0.05, 0) is 45.4 Å². The predicted octanol–water partition coefficient (Wildman–Crippen LogP) is 2.12. The Morgan fingerprint density at radius 3 is 2.22 bits per heavy atom. The number of aromatic nitrogens is 3. The number of nitrogens with zero attached hydrogens (tertiary/aromatic N) is 5. The number of piperidine rings is 1. The van der Waals surface area contributed by atoms with E-state index in [4.69, 9.17) is 4.99 Å². The van der Waals surface area contributed by atoms with Crippen molar-refractivity contribution >= 4 is 5.96 Å². The van der Waals surface area contributed by atoms with Crippen molar-refractivity contribution in [2.45, 2.75) is 89.4 Å². The first-order valence-corrected chi connectivity index (χ1v) is 10.9. The lowest BCUT2D eigenvalue weighted by molar-refractivity contribution is 0.197. The van der Waals surface area contributed by atoms with Gasteiger partial charge in [0.2, 0.25) is 0 Å². The molecular weight excluding hydrogens is 338 g/mol. The fraction of sp³-hybridized carbons (Fsp3) is 0.850. The van der Waals surface area contributed by atoms with Crippen LogP contribution in [-0.4, -0.2) is 56.8 Å². The van der Waals surface area contributed by atoms with Crippen molar-refractivity contribution in [3.05, 3.63) is 11.6 Å². The highest BCUT2D eigenvalue weighted by atomic mass is 15.3. The highest BCUT2D eigenvalue weighted by molar-refractivity contribution is 5.80. The van der Waals surface area contributed by atoms with Gasteiger partial charge < -0.3 is 20.1 Å². The van der Waals surface area contributed by atoms with E-state index in [1.165, 1.54) is 70.9 Å². The minimum Gasteiger partial charge on any atom is -0.354 e. The summed E-state index contributed by atoms with van der Waals surface area (Å²) in [7, 11) is 2.01. The topological polar surface area (TPSA) is 70.4 Å². The molecule has 0 radical (unpaired) electrons. The Kier molecular flexibility index (Phi) is 5.95. The lowest BCUT2D eigenvalue weighted by Crippen LogP contribution is -2.51. The third-order valence-electron chi connectivity index (χ3n) is 6.44. The molecule has 2 saturated carbocycles. The van der Waals surface area contributed by atoms with Gasteiger partial charge in [0, 0.05) is 38.3 Å². The van der Waals surface area contributed by atoms with Crippen LogP contribution in [-0.2, 0) is 13.6 Å². The molecule has 2 heterocycles. The quantitative estimate of drug-likeness (QED) is 0.611. The Morgan fingerprint density at radius 2 is 1.63 bits per heavy atom. The molecule has 1 aliphatic heterocycles. The molecule has 27 heavy (non-hydrogen) atoms. The van der Waals surface area contributed by atoms with Gasteiger partial charge in [-0.25, -0.2) is 4.99 Å². The van der Waals surface area contributed by atoms with E-state index in [0.29, 0.717) is 18.6 Å². The Bertz CT molecular complexity index is 635. The normalized spacial score (nSPS) is 23.6. The Morgan fingerprint density at radius 1 is 0.963 bits per heavy atom. The molecule has 4 rings (SSSR count). The van der Waals surface area contributed by atoms with Gasteiger partial charge in [0.05, 0.1) is 0 Å². The highest BCUT2D eigenvalue weighted by Crippen LogP contribution is 2.29. The van der Waals surface area contributed by atoms with Crippen LogP contribution in [0, 0.1) is 6.92 Å². The van der Waals surface area contributed by atoms with Crippen molar-refractivity contribution in [1.29, 1.82) is 0 Å². The lowest BCUT2D eigenvalue weighted by Gasteiger charge is -2.34. The fourth-order valence-electron chi connectivity index (χ4n) is 4.35. The Labute approximate surface area is 163 Å². The summed E-state index contributed by atoms with van der Waals surface area (Å²) in [6, 6.07) is 1.97. The zero-order valence-electron chi connectivity index (χ0n) is 17.0. The van der Waals surface area contributed by atoms with E-state index in [0.717, 1.165) is 23.7 Å². The highest BCUT2D eigenvalue weighted by Gasteiger charge is 2.32. The van der Waals surface area contributed by atoms with Gasteiger partial charge in [-0.1, -0.05) is 19.3 Å². The number of guanidine groups is 1.